The number of carboxylic acids is 1. The molecule has 1 amide bonds. The Balaban J connectivity index is 2.67. The van der Waals surface area contributed by atoms with Gasteiger partial charge >= 0.3 is 5.97 Å². The molecule has 1 aliphatic heterocycles. The van der Waals surface area contributed by atoms with Gasteiger partial charge in [0.15, 0.2) is 0 Å². The highest BCUT2D eigenvalue weighted by atomic mass is 16.4. The summed E-state index contributed by atoms with van der Waals surface area (Å²) >= 11 is 0. The van der Waals surface area contributed by atoms with Gasteiger partial charge < -0.3 is 10.4 Å². The largest absolute Gasteiger partial charge is 0.481 e. The molecule has 1 rings (SSSR count). The third kappa shape index (κ3) is 1.75. The topological polar surface area (TPSA) is 66.4 Å². The van der Waals surface area contributed by atoms with E-state index in [2.05, 4.69) is 5.32 Å². The maximum absolute atomic E-state index is 10.9. The molecule has 1 atom stereocenters. The van der Waals surface area contributed by atoms with E-state index in [0.717, 1.165) is 0 Å². The van der Waals surface area contributed by atoms with Crippen LogP contribution in [0.2, 0.25) is 0 Å². The highest BCUT2D eigenvalue weighted by molar-refractivity contribution is 5.79. The molecule has 1 saturated heterocycles. The average Bonchev–Trinajstić information content (AvgIpc) is 2.15. The van der Waals surface area contributed by atoms with E-state index in [4.69, 9.17) is 5.11 Å². The molecule has 68 valence electrons. The lowest BCUT2D eigenvalue weighted by Gasteiger charge is -2.20. The number of carbonyl (C=O) groups is 2. The number of aliphatic carboxylic acids is 1. The van der Waals surface area contributed by atoms with Gasteiger partial charge in [-0.15, -0.1) is 0 Å². The van der Waals surface area contributed by atoms with E-state index < -0.39 is 11.4 Å². The summed E-state index contributed by atoms with van der Waals surface area (Å²) in [5.74, 6) is -0.848. The van der Waals surface area contributed by atoms with E-state index >= 15 is 0 Å². The zero-order chi connectivity index (χ0) is 9.19. The molecule has 0 saturated carbocycles. The summed E-state index contributed by atoms with van der Waals surface area (Å²) in [6.45, 7) is 2.16. The fraction of sp³-hybridized carbons (Fsp3) is 0.750. The Labute approximate surface area is 71.0 Å². The number of carbonyl (C=O) groups excluding carboxylic acids is 1. The van der Waals surface area contributed by atoms with Crippen LogP contribution in [0.15, 0.2) is 0 Å². The third-order valence-corrected chi connectivity index (χ3v) is 2.42. The molecule has 1 aliphatic rings. The van der Waals surface area contributed by atoms with Crippen LogP contribution in [0.3, 0.4) is 0 Å². The third-order valence-electron chi connectivity index (χ3n) is 2.42. The number of rotatable bonds is 1. The summed E-state index contributed by atoms with van der Waals surface area (Å²) in [6.07, 6.45) is 1.28. The smallest absolute Gasteiger partial charge is 0.309 e. The van der Waals surface area contributed by atoms with Crippen molar-refractivity contribution in [3.05, 3.63) is 0 Å². The van der Waals surface area contributed by atoms with Gasteiger partial charge in [0.1, 0.15) is 0 Å². The summed E-state index contributed by atoms with van der Waals surface area (Å²) in [6, 6.07) is 0. The van der Waals surface area contributed by atoms with Crippen molar-refractivity contribution in [2.75, 3.05) is 6.54 Å². The molecular formula is C8H13NO3. The van der Waals surface area contributed by atoms with Crippen molar-refractivity contribution in [2.45, 2.75) is 26.2 Å². The fourth-order valence-electron chi connectivity index (χ4n) is 1.29. The Kier molecular flexibility index (Phi) is 2.35. The first kappa shape index (κ1) is 9.03. The molecule has 4 heteroatoms. The lowest BCUT2D eigenvalue weighted by molar-refractivity contribution is -0.148. The predicted octanol–water partition coefficient (Wildman–Crippen LogP) is 0.377. The normalized spacial score (nSPS) is 30.6. The van der Waals surface area contributed by atoms with E-state index in [9.17, 15) is 9.59 Å². The van der Waals surface area contributed by atoms with Gasteiger partial charge in [-0.2, -0.15) is 0 Å². The van der Waals surface area contributed by atoms with Gasteiger partial charge in [0.2, 0.25) is 5.91 Å². The average molecular weight is 171 g/mol. The highest BCUT2D eigenvalue weighted by Gasteiger charge is 2.34. The van der Waals surface area contributed by atoms with E-state index in [1.807, 2.05) is 0 Å². The van der Waals surface area contributed by atoms with Crippen molar-refractivity contribution in [3.63, 3.8) is 0 Å². The van der Waals surface area contributed by atoms with Crippen LogP contribution < -0.4 is 5.32 Å². The maximum atomic E-state index is 10.9. The second-order valence-corrected chi connectivity index (χ2v) is 3.47. The molecular weight excluding hydrogens is 158 g/mol. The number of hydrogen-bond donors (Lipinski definition) is 2. The summed E-state index contributed by atoms with van der Waals surface area (Å²) in [4.78, 5) is 21.7. The number of amides is 1. The van der Waals surface area contributed by atoms with Crippen LogP contribution in [-0.2, 0) is 9.59 Å². The minimum absolute atomic E-state index is 0.0417. The maximum Gasteiger partial charge on any atom is 0.309 e. The molecule has 12 heavy (non-hydrogen) atoms. The van der Waals surface area contributed by atoms with Crippen molar-refractivity contribution in [3.8, 4) is 0 Å². The van der Waals surface area contributed by atoms with Crippen molar-refractivity contribution in [1.29, 1.82) is 0 Å². The minimum Gasteiger partial charge on any atom is -0.481 e. The fourth-order valence-corrected chi connectivity index (χ4v) is 1.29. The number of nitrogens with one attached hydrogen (secondary N) is 1. The van der Waals surface area contributed by atoms with Gasteiger partial charge in [-0.3, -0.25) is 9.59 Å². The van der Waals surface area contributed by atoms with E-state index in [1.54, 1.807) is 6.92 Å². The summed E-state index contributed by atoms with van der Waals surface area (Å²) in [5.41, 5.74) is -0.723. The van der Waals surface area contributed by atoms with Crippen LogP contribution >= 0.6 is 0 Å². The standard InChI is InChI=1S/C8H13NO3/c1-8(7(11)12)3-2-6(10)9-5-4-8/h2-5H2,1H3,(H,9,10)(H,11,12)/t8-/m1/s1. The van der Waals surface area contributed by atoms with Crippen LogP contribution in [0.5, 0.6) is 0 Å². The van der Waals surface area contributed by atoms with Gasteiger partial charge in [0.05, 0.1) is 5.41 Å². The van der Waals surface area contributed by atoms with Gasteiger partial charge in [0.25, 0.3) is 0 Å². The second kappa shape index (κ2) is 3.13. The van der Waals surface area contributed by atoms with Crippen LogP contribution in [0, 0.1) is 5.41 Å². The van der Waals surface area contributed by atoms with E-state index in [-0.39, 0.29) is 5.91 Å². The van der Waals surface area contributed by atoms with E-state index in [0.29, 0.717) is 25.8 Å². The number of carboxylic acid groups (broad SMARTS) is 1. The molecule has 0 unspecified atom stereocenters. The zero-order valence-corrected chi connectivity index (χ0v) is 7.09. The number of hydrogen-bond acceptors (Lipinski definition) is 2. The molecule has 0 aromatic rings. The Hall–Kier alpha value is -1.06. The first-order valence-electron chi connectivity index (χ1n) is 4.05. The molecule has 4 nitrogen and oxygen atoms in total. The van der Waals surface area contributed by atoms with Gasteiger partial charge in [-0.25, -0.2) is 0 Å². The second-order valence-electron chi connectivity index (χ2n) is 3.47. The van der Waals surface area contributed by atoms with Crippen molar-refractivity contribution in [1.82, 2.24) is 5.32 Å². The lowest BCUT2D eigenvalue weighted by Crippen LogP contribution is -2.28. The van der Waals surface area contributed by atoms with Crippen molar-refractivity contribution < 1.29 is 14.7 Å². The molecule has 1 fully saturated rings. The van der Waals surface area contributed by atoms with Crippen LogP contribution in [0.25, 0.3) is 0 Å². The predicted molar refractivity (Wildman–Crippen MR) is 42.6 cm³/mol. The Morgan fingerprint density at radius 2 is 2.25 bits per heavy atom. The first-order valence-corrected chi connectivity index (χ1v) is 4.05. The summed E-state index contributed by atoms with van der Waals surface area (Å²) in [5, 5.41) is 11.5. The molecule has 0 aliphatic carbocycles. The molecule has 0 radical (unpaired) electrons. The highest BCUT2D eigenvalue weighted by Crippen LogP contribution is 2.29. The molecule has 0 aromatic carbocycles. The molecule has 0 bridgehead atoms. The van der Waals surface area contributed by atoms with Crippen LogP contribution in [0.4, 0.5) is 0 Å². The van der Waals surface area contributed by atoms with Crippen LogP contribution in [-0.4, -0.2) is 23.5 Å². The van der Waals surface area contributed by atoms with Gasteiger partial charge in [-0.05, 0) is 19.8 Å². The van der Waals surface area contributed by atoms with Gasteiger partial charge in [-0.1, -0.05) is 0 Å². The summed E-state index contributed by atoms with van der Waals surface area (Å²) in [7, 11) is 0. The molecule has 2 N–H and O–H groups in total. The van der Waals surface area contributed by atoms with Gasteiger partial charge in [0, 0.05) is 13.0 Å². The SMILES string of the molecule is C[C@]1(C(=O)O)CCNC(=O)CC1. The Morgan fingerprint density at radius 3 is 2.83 bits per heavy atom. The minimum atomic E-state index is -0.806. The van der Waals surface area contributed by atoms with Crippen molar-refractivity contribution >= 4 is 11.9 Å². The quantitative estimate of drug-likeness (QED) is 0.599. The Bertz CT molecular complexity index is 214. The van der Waals surface area contributed by atoms with Crippen LogP contribution in [0.1, 0.15) is 26.2 Å². The summed E-state index contributed by atoms with van der Waals surface area (Å²) < 4.78 is 0. The Morgan fingerprint density at radius 1 is 1.58 bits per heavy atom. The zero-order valence-electron chi connectivity index (χ0n) is 7.09. The molecule has 0 aromatic heterocycles. The van der Waals surface area contributed by atoms with Crippen molar-refractivity contribution in [2.24, 2.45) is 5.41 Å². The van der Waals surface area contributed by atoms with E-state index in [1.165, 1.54) is 0 Å². The molecule has 1 heterocycles. The first-order chi connectivity index (χ1) is 5.54. The molecule has 0 spiro atoms. The lowest BCUT2D eigenvalue weighted by atomic mass is 9.83. The monoisotopic (exact) mass is 171 g/mol.